The minimum atomic E-state index is -3.68. The summed E-state index contributed by atoms with van der Waals surface area (Å²) < 4.78 is 25.8. The van der Waals surface area contributed by atoms with Gasteiger partial charge in [-0.2, -0.15) is 0 Å². The van der Waals surface area contributed by atoms with Gasteiger partial charge < -0.3 is 10.7 Å². The van der Waals surface area contributed by atoms with Crippen LogP contribution in [0.5, 0.6) is 0 Å². The molecule has 4 rings (SSSR count). The van der Waals surface area contributed by atoms with Gasteiger partial charge in [0.15, 0.2) is 0 Å². The number of sulfone groups is 1. The first kappa shape index (κ1) is 17.9. The summed E-state index contributed by atoms with van der Waals surface area (Å²) in [6.07, 6.45) is 0. The largest absolute Gasteiger partial charge is 0.396 e. The van der Waals surface area contributed by atoms with Gasteiger partial charge in [-0.1, -0.05) is 41.4 Å². The zero-order valence-electron chi connectivity index (χ0n) is 13.9. The van der Waals surface area contributed by atoms with E-state index in [0.717, 1.165) is 11.1 Å². The summed E-state index contributed by atoms with van der Waals surface area (Å²) in [5, 5.41) is 1.66. The first-order valence-electron chi connectivity index (χ1n) is 8.04. The van der Waals surface area contributed by atoms with E-state index in [2.05, 4.69) is 4.98 Å². The van der Waals surface area contributed by atoms with Crippen LogP contribution in [0.15, 0.2) is 76.5 Å². The number of benzene rings is 3. The SMILES string of the molecule is Nc1c(-c2ccccc2Cl)[nH]c2ccc(S(=O)(=O)c3ccc(Cl)cc3)cc12. The van der Waals surface area contributed by atoms with Crippen LogP contribution in [-0.2, 0) is 9.84 Å². The zero-order chi connectivity index (χ0) is 19.2. The van der Waals surface area contributed by atoms with Crippen molar-refractivity contribution in [2.75, 3.05) is 5.73 Å². The highest BCUT2D eigenvalue weighted by Gasteiger charge is 2.20. The van der Waals surface area contributed by atoms with E-state index in [0.29, 0.717) is 26.8 Å². The third-order valence-electron chi connectivity index (χ3n) is 4.39. The quantitative estimate of drug-likeness (QED) is 0.459. The zero-order valence-corrected chi connectivity index (χ0v) is 16.2. The molecule has 0 radical (unpaired) electrons. The fraction of sp³-hybridized carbons (Fsp3) is 0. The van der Waals surface area contributed by atoms with E-state index in [1.165, 1.54) is 12.1 Å². The molecule has 0 atom stereocenters. The number of nitrogen functional groups attached to an aromatic ring is 1. The molecule has 4 aromatic rings. The summed E-state index contributed by atoms with van der Waals surface area (Å²) in [7, 11) is -3.68. The summed E-state index contributed by atoms with van der Waals surface area (Å²) >= 11 is 12.1. The number of aromatic nitrogens is 1. The number of fused-ring (bicyclic) bond motifs is 1. The maximum absolute atomic E-state index is 12.9. The van der Waals surface area contributed by atoms with Crippen molar-refractivity contribution in [3.05, 3.63) is 76.8 Å². The molecule has 0 fully saturated rings. The van der Waals surface area contributed by atoms with Crippen LogP contribution in [0, 0.1) is 0 Å². The predicted molar refractivity (Wildman–Crippen MR) is 110 cm³/mol. The van der Waals surface area contributed by atoms with Crippen LogP contribution >= 0.6 is 23.2 Å². The van der Waals surface area contributed by atoms with Crippen LogP contribution in [0.25, 0.3) is 22.2 Å². The topological polar surface area (TPSA) is 76.0 Å². The van der Waals surface area contributed by atoms with E-state index in [4.69, 9.17) is 28.9 Å². The maximum atomic E-state index is 12.9. The molecule has 0 spiro atoms. The molecule has 4 nitrogen and oxygen atoms in total. The Morgan fingerprint density at radius 1 is 0.852 bits per heavy atom. The van der Waals surface area contributed by atoms with Crippen molar-refractivity contribution in [3.8, 4) is 11.3 Å². The van der Waals surface area contributed by atoms with Gasteiger partial charge in [0.05, 0.1) is 21.2 Å². The number of aromatic amines is 1. The van der Waals surface area contributed by atoms with E-state index in [1.54, 1.807) is 36.4 Å². The Balaban J connectivity index is 1.87. The molecule has 0 saturated heterocycles. The fourth-order valence-electron chi connectivity index (χ4n) is 2.99. The molecule has 7 heteroatoms. The number of rotatable bonds is 3. The molecule has 0 unspecified atom stereocenters. The van der Waals surface area contributed by atoms with Gasteiger partial charge in [0.2, 0.25) is 9.84 Å². The van der Waals surface area contributed by atoms with Gasteiger partial charge in [-0.15, -0.1) is 0 Å². The predicted octanol–water partition coefficient (Wildman–Crippen LogP) is 5.56. The number of anilines is 1. The van der Waals surface area contributed by atoms with Crippen LogP contribution in [-0.4, -0.2) is 13.4 Å². The van der Waals surface area contributed by atoms with Gasteiger partial charge in [0.1, 0.15) is 0 Å². The van der Waals surface area contributed by atoms with E-state index < -0.39 is 9.84 Å². The Bertz CT molecular complexity index is 1260. The highest BCUT2D eigenvalue weighted by atomic mass is 35.5. The molecule has 3 aromatic carbocycles. The maximum Gasteiger partial charge on any atom is 0.206 e. The standard InChI is InChI=1S/C20H14Cl2N2O2S/c21-12-5-7-13(8-6-12)27(25,26)14-9-10-18-16(11-14)19(23)20(24-18)15-3-1-2-4-17(15)22/h1-11,24H,23H2. The lowest BCUT2D eigenvalue weighted by atomic mass is 10.1. The highest BCUT2D eigenvalue weighted by Crippen LogP contribution is 2.37. The highest BCUT2D eigenvalue weighted by molar-refractivity contribution is 7.91. The molecule has 0 amide bonds. The van der Waals surface area contributed by atoms with Crippen molar-refractivity contribution in [2.45, 2.75) is 9.79 Å². The first-order valence-corrected chi connectivity index (χ1v) is 10.3. The number of hydrogen-bond acceptors (Lipinski definition) is 3. The average Bonchev–Trinajstić information content (AvgIpc) is 2.98. The Morgan fingerprint density at radius 3 is 2.22 bits per heavy atom. The van der Waals surface area contributed by atoms with Crippen molar-refractivity contribution >= 4 is 49.6 Å². The number of hydrogen-bond donors (Lipinski definition) is 2. The van der Waals surface area contributed by atoms with Crippen LogP contribution in [0.2, 0.25) is 10.0 Å². The Hall–Kier alpha value is -2.47. The monoisotopic (exact) mass is 416 g/mol. The lowest BCUT2D eigenvalue weighted by molar-refractivity contribution is 0.596. The molecule has 0 aliphatic carbocycles. The summed E-state index contributed by atoms with van der Waals surface area (Å²) in [5.41, 5.74) is 8.92. The van der Waals surface area contributed by atoms with Crippen LogP contribution in [0.3, 0.4) is 0 Å². The minimum absolute atomic E-state index is 0.161. The van der Waals surface area contributed by atoms with E-state index >= 15 is 0 Å². The Labute approximate surface area is 166 Å². The van der Waals surface area contributed by atoms with E-state index in [9.17, 15) is 8.42 Å². The second kappa shape index (κ2) is 6.60. The van der Waals surface area contributed by atoms with E-state index in [-0.39, 0.29) is 9.79 Å². The van der Waals surface area contributed by atoms with Crippen LogP contribution in [0.1, 0.15) is 0 Å². The molecule has 1 heterocycles. The normalized spacial score (nSPS) is 11.8. The Kier molecular flexibility index (Phi) is 4.38. The Morgan fingerprint density at radius 2 is 1.52 bits per heavy atom. The third kappa shape index (κ3) is 3.08. The summed E-state index contributed by atoms with van der Waals surface area (Å²) in [6.45, 7) is 0. The van der Waals surface area contributed by atoms with Crippen LogP contribution < -0.4 is 5.73 Å². The molecule has 0 aliphatic heterocycles. The fourth-order valence-corrected chi connectivity index (χ4v) is 4.63. The smallest absolute Gasteiger partial charge is 0.206 e. The summed E-state index contributed by atoms with van der Waals surface area (Å²) in [4.78, 5) is 3.56. The number of H-pyrrole nitrogens is 1. The van der Waals surface area contributed by atoms with Gasteiger partial charge >= 0.3 is 0 Å². The second-order valence-corrected chi connectivity index (χ2v) is 8.85. The minimum Gasteiger partial charge on any atom is -0.396 e. The molecule has 0 bridgehead atoms. The lowest BCUT2D eigenvalue weighted by Gasteiger charge is -2.05. The molecule has 0 saturated carbocycles. The van der Waals surface area contributed by atoms with Crippen molar-refractivity contribution in [1.82, 2.24) is 4.98 Å². The average molecular weight is 417 g/mol. The van der Waals surface area contributed by atoms with Crippen LogP contribution in [0.4, 0.5) is 5.69 Å². The number of nitrogens with one attached hydrogen (secondary N) is 1. The summed E-state index contributed by atoms with van der Waals surface area (Å²) in [6, 6.07) is 18.2. The van der Waals surface area contributed by atoms with Gasteiger partial charge in [0, 0.05) is 26.5 Å². The number of halogens is 2. The van der Waals surface area contributed by atoms with Gasteiger partial charge in [0.25, 0.3) is 0 Å². The van der Waals surface area contributed by atoms with Gasteiger partial charge in [-0.25, -0.2) is 8.42 Å². The lowest BCUT2D eigenvalue weighted by Crippen LogP contribution is -2.01. The van der Waals surface area contributed by atoms with E-state index in [1.807, 2.05) is 18.2 Å². The van der Waals surface area contributed by atoms with Crippen molar-refractivity contribution in [2.24, 2.45) is 0 Å². The molecule has 0 aliphatic rings. The third-order valence-corrected chi connectivity index (χ3v) is 6.74. The van der Waals surface area contributed by atoms with Crippen molar-refractivity contribution in [3.63, 3.8) is 0 Å². The second-order valence-electron chi connectivity index (χ2n) is 6.06. The number of nitrogens with two attached hydrogens (primary N) is 1. The molecule has 136 valence electrons. The first-order chi connectivity index (χ1) is 12.9. The molecular weight excluding hydrogens is 403 g/mol. The molecule has 27 heavy (non-hydrogen) atoms. The van der Waals surface area contributed by atoms with Gasteiger partial charge in [-0.05, 0) is 48.5 Å². The van der Waals surface area contributed by atoms with Crippen molar-refractivity contribution in [1.29, 1.82) is 0 Å². The molecular formula is C20H14Cl2N2O2S. The summed E-state index contributed by atoms with van der Waals surface area (Å²) in [5.74, 6) is 0. The molecule has 1 aromatic heterocycles. The van der Waals surface area contributed by atoms with Gasteiger partial charge in [-0.3, -0.25) is 0 Å². The molecule has 3 N–H and O–H groups in total. The van der Waals surface area contributed by atoms with Crippen molar-refractivity contribution < 1.29 is 8.42 Å².